The van der Waals surface area contributed by atoms with Crippen molar-refractivity contribution < 1.29 is 4.39 Å². The SMILES string of the molecule is CC1CN(Cc2cncc(F)c2)CC(C)N1.Cl. The number of hydrogen-bond acceptors (Lipinski definition) is 3. The van der Waals surface area contributed by atoms with E-state index in [-0.39, 0.29) is 18.2 Å². The number of piperazine rings is 1. The number of pyridine rings is 1. The molecule has 5 heteroatoms. The Kier molecular flexibility index (Phi) is 5.31. The van der Waals surface area contributed by atoms with Crippen LogP contribution in [0.1, 0.15) is 19.4 Å². The topological polar surface area (TPSA) is 28.2 Å². The number of halogens is 2. The zero-order valence-electron chi connectivity index (χ0n) is 10.2. The van der Waals surface area contributed by atoms with E-state index in [0.29, 0.717) is 12.1 Å². The minimum atomic E-state index is -0.256. The van der Waals surface area contributed by atoms with Gasteiger partial charge in [-0.25, -0.2) is 4.39 Å². The van der Waals surface area contributed by atoms with Crippen molar-refractivity contribution in [1.29, 1.82) is 0 Å². The highest BCUT2D eigenvalue weighted by Crippen LogP contribution is 2.10. The quantitative estimate of drug-likeness (QED) is 0.878. The first-order valence-corrected chi connectivity index (χ1v) is 5.71. The van der Waals surface area contributed by atoms with E-state index >= 15 is 0 Å². The van der Waals surface area contributed by atoms with Crippen LogP contribution in [0.2, 0.25) is 0 Å². The molecule has 0 spiro atoms. The standard InChI is InChI=1S/C12H18FN3.ClH/c1-9-6-16(7-10(2)15-9)8-11-3-12(13)5-14-4-11;/h3-5,9-10,15H,6-8H2,1-2H3;1H. The van der Waals surface area contributed by atoms with Crippen LogP contribution in [0.15, 0.2) is 18.5 Å². The molecule has 2 heterocycles. The molecule has 1 aromatic heterocycles. The van der Waals surface area contributed by atoms with Gasteiger partial charge in [-0.15, -0.1) is 12.4 Å². The minimum Gasteiger partial charge on any atom is -0.309 e. The van der Waals surface area contributed by atoms with Crippen LogP contribution in [-0.2, 0) is 6.54 Å². The second-order valence-electron chi connectivity index (χ2n) is 4.67. The highest BCUT2D eigenvalue weighted by Gasteiger charge is 2.20. The Hall–Kier alpha value is -0.710. The molecule has 1 aromatic rings. The molecule has 0 saturated carbocycles. The summed E-state index contributed by atoms with van der Waals surface area (Å²) in [5, 5.41) is 3.47. The molecule has 17 heavy (non-hydrogen) atoms. The van der Waals surface area contributed by atoms with E-state index in [1.165, 1.54) is 6.20 Å². The van der Waals surface area contributed by atoms with Gasteiger partial charge in [-0.1, -0.05) is 0 Å². The van der Waals surface area contributed by atoms with Crippen molar-refractivity contribution in [2.75, 3.05) is 13.1 Å². The van der Waals surface area contributed by atoms with E-state index in [4.69, 9.17) is 0 Å². The first kappa shape index (κ1) is 14.4. The van der Waals surface area contributed by atoms with Crippen molar-refractivity contribution >= 4 is 12.4 Å². The summed E-state index contributed by atoms with van der Waals surface area (Å²) in [6.45, 7) is 7.13. The van der Waals surface area contributed by atoms with Gasteiger partial charge in [0.05, 0.1) is 6.20 Å². The Morgan fingerprint density at radius 2 is 2.00 bits per heavy atom. The van der Waals surface area contributed by atoms with E-state index in [1.807, 2.05) is 0 Å². The van der Waals surface area contributed by atoms with Gasteiger partial charge in [0.25, 0.3) is 0 Å². The molecule has 0 radical (unpaired) electrons. The molecule has 0 amide bonds. The van der Waals surface area contributed by atoms with Gasteiger partial charge in [0.2, 0.25) is 0 Å². The van der Waals surface area contributed by atoms with E-state index in [1.54, 1.807) is 12.3 Å². The average Bonchev–Trinajstić information content (AvgIpc) is 2.15. The van der Waals surface area contributed by atoms with Crippen LogP contribution < -0.4 is 5.32 Å². The van der Waals surface area contributed by atoms with Gasteiger partial charge in [0.15, 0.2) is 0 Å². The summed E-state index contributed by atoms with van der Waals surface area (Å²) in [6, 6.07) is 2.54. The van der Waals surface area contributed by atoms with E-state index in [2.05, 4.69) is 29.0 Å². The third-order valence-corrected chi connectivity index (χ3v) is 2.80. The number of aromatic nitrogens is 1. The predicted octanol–water partition coefficient (Wildman–Crippen LogP) is 1.82. The van der Waals surface area contributed by atoms with Gasteiger partial charge in [-0.2, -0.15) is 0 Å². The normalized spacial score (nSPS) is 25.4. The molecule has 0 aromatic carbocycles. The highest BCUT2D eigenvalue weighted by molar-refractivity contribution is 5.85. The van der Waals surface area contributed by atoms with Crippen molar-refractivity contribution in [1.82, 2.24) is 15.2 Å². The van der Waals surface area contributed by atoms with Gasteiger partial charge in [-0.3, -0.25) is 9.88 Å². The lowest BCUT2D eigenvalue weighted by atomic mass is 10.1. The van der Waals surface area contributed by atoms with E-state index < -0.39 is 0 Å². The fraction of sp³-hybridized carbons (Fsp3) is 0.583. The maximum Gasteiger partial charge on any atom is 0.141 e. The fourth-order valence-electron chi connectivity index (χ4n) is 2.37. The van der Waals surface area contributed by atoms with Crippen LogP contribution >= 0.6 is 12.4 Å². The molecule has 1 saturated heterocycles. The monoisotopic (exact) mass is 259 g/mol. The summed E-state index contributed by atoms with van der Waals surface area (Å²) in [5.74, 6) is -0.256. The molecule has 1 aliphatic heterocycles. The zero-order chi connectivity index (χ0) is 11.5. The molecule has 2 atom stereocenters. The lowest BCUT2D eigenvalue weighted by Crippen LogP contribution is -2.53. The average molecular weight is 260 g/mol. The molecule has 2 rings (SSSR count). The lowest BCUT2D eigenvalue weighted by molar-refractivity contribution is 0.166. The molecule has 0 aliphatic carbocycles. The first-order chi connectivity index (χ1) is 7.63. The maximum absolute atomic E-state index is 13.0. The minimum absolute atomic E-state index is 0. The van der Waals surface area contributed by atoms with Gasteiger partial charge in [-0.05, 0) is 25.5 Å². The molecule has 2 unspecified atom stereocenters. The smallest absolute Gasteiger partial charge is 0.141 e. The Bertz CT molecular complexity index is 351. The number of hydrogen-bond donors (Lipinski definition) is 1. The first-order valence-electron chi connectivity index (χ1n) is 5.71. The third kappa shape index (κ3) is 4.22. The van der Waals surface area contributed by atoms with Gasteiger partial charge >= 0.3 is 0 Å². The van der Waals surface area contributed by atoms with Crippen LogP contribution in [0.25, 0.3) is 0 Å². The predicted molar refractivity (Wildman–Crippen MR) is 68.8 cm³/mol. The maximum atomic E-state index is 13.0. The number of nitrogens with one attached hydrogen (secondary N) is 1. The summed E-state index contributed by atoms with van der Waals surface area (Å²) < 4.78 is 13.0. The van der Waals surface area contributed by atoms with Crippen molar-refractivity contribution in [2.24, 2.45) is 0 Å². The summed E-state index contributed by atoms with van der Waals surface area (Å²) in [6.07, 6.45) is 2.98. The Morgan fingerprint density at radius 1 is 1.35 bits per heavy atom. The highest BCUT2D eigenvalue weighted by atomic mass is 35.5. The Labute approximate surface area is 108 Å². The lowest BCUT2D eigenvalue weighted by Gasteiger charge is -2.36. The second-order valence-corrected chi connectivity index (χ2v) is 4.67. The van der Waals surface area contributed by atoms with Crippen molar-refractivity contribution in [3.05, 3.63) is 29.8 Å². The van der Waals surface area contributed by atoms with Crippen LogP contribution in [0.4, 0.5) is 4.39 Å². The van der Waals surface area contributed by atoms with E-state index in [0.717, 1.165) is 25.2 Å². The summed E-state index contributed by atoms with van der Waals surface area (Å²) in [7, 11) is 0. The molecule has 1 N–H and O–H groups in total. The summed E-state index contributed by atoms with van der Waals surface area (Å²) in [4.78, 5) is 6.21. The molecule has 1 fully saturated rings. The molecule has 96 valence electrons. The second kappa shape index (κ2) is 6.28. The zero-order valence-corrected chi connectivity index (χ0v) is 11.0. The molecule has 3 nitrogen and oxygen atoms in total. The van der Waals surface area contributed by atoms with Gasteiger partial charge in [0.1, 0.15) is 5.82 Å². The van der Waals surface area contributed by atoms with Crippen molar-refractivity contribution in [3.8, 4) is 0 Å². The van der Waals surface area contributed by atoms with Crippen LogP contribution in [0, 0.1) is 5.82 Å². The molecule has 0 bridgehead atoms. The summed E-state index contributed by atoms with van der Waals surface area (Å²) >= 11 is 0. The van der Waals surface area contributed by atoms with Gasteiger partial charge in [0, 0.05) is 37.9 Å². The van der Waals surface area contributed by atoms with Crippen molar-refractivity contribution in [2.45, 2.75) is 32.5 Å². The Balaban J connectivity index is 0.00000144. The van der Waals surface area contributed by atoms with E-state index in [9.17, 15) is 4.39 Å². The number of nitrogens with zero attached hydrogens (tertiary/aromatic N) is 2. The number of rotatable bonds is 2. The molecular weight excluding hydrogens is 241 g/mol. The fourth-order valence-corrected chi connectivity index (χ4v) is 2.37. The van der Waals surface area contributed by atoms with Crippen molar-refractivity contribution in [3.63, 3.8) is 0 Å². The van der Waals surface area contributed by atoms with Crippen LogP contribution in [0.5, 0.6) is 0 Å². The molecular formula is C12H19ClFN3. The van der Waals surface area contributed by atoms with Gasteiger partial charge < -0.3 is 5.32 Å². The largest absolute Gasteiger partial charge is 0.309 e. The Morgan fingerprint density at radius 3 is 2.59 bits per heavy atom. The summed E-state index contributed by atoms with van der Waals surface area (Å²) in [5.41, 5.74) is 0.946. The van der Waals surface area contributed by atoms with Crippen LogP contribution in [-0.4, -0.2) is 35.1 Å². The molecule has 1 aliphatic rings. The third-order valence-electron chi connectivity index (χ3n) is 2.80. The van der Waals surface area contributed by atoms with Crippen LogP contribution in [0.3, 0.4) is 0 Å².